The molecule has 0 saturated heterocycles. The van der Waals surface area contributed by atoms with Gasteiger partial charge in [-0.1, -0.05) is 18.2 Å². The molecule has 5 rings (SSSR count). The lowest BCUT2D eigenvalue weighted by Gasteiger charge is -2.20. The summed E-state index contributed by atoms with van der Waals surface area (Å²) in [5.74, 6) is -0.208. The fourth-order valence-corrected chi connectivity index (χ4v) is 5.73. The number of ether oxygens (including phenoxy) is 4. The molecule has 0 aromatic heterocycles. The van der Waals surface area contributed by atoms with E-state index >= 15 is 0 Å². The van der Waals surface area contributed by atoms with Crippen LogP contribution in [0.3, 0.4) is 0 Å². The van der Waals surface area contributed by atoms with Crippen LogP contribution in [-0.2, 0) is 21.2 Å². The molecule has 0 bridgehead atoms. The van der Waals surface area contributed by atoms with Gasteiger partial charge in [-0.15, -0.1) is 0 Å². The summed E-state index contributed by atoms with van der Waals surface area (Å²) < 4.78 is 49.5. The molecule has 0 unspecified atom stereocenters. The number of methoxy groups -OCH3 is 1. The van der Waals surface area contributed by atoms with E-state index in [4.69, 9.17) is 18.9 Å². The minimum absolute atomic E-state index is 0.0786. The maximum absolute atomic E-state index is 13.4. The molecule has 0 saturated carbocycles. The van der Waals surface area contributed by atoms with Crippen LogP contribution < -0.4 is 18.5 Å². The summed E-state index contributed by atoms with van der Waals surface area (Å²) in [6, 6.07) is 16.0. The van der Waals surface area contributed by atoms with Gasteiger partial charge in [-0.3, -0.25) is 9.10 Å². The second-order valence-electron chi connectivity index (χ2n) is 8.18. The van der Waals surface area contributed by atoms with Gasteiger partial charge in [-0.25, -0.2) is 13.2 Å². The number of carbonyl (C=O) groups excluding carboxylic acids is 2. The smallest absolute Gasteiger partial charge is 0.342 e. The molecular weight excluding hydrogens is 486 g/mol. The summed E-state index contributed by atoms with van der Waals surface area (Å²) >= 11 is 0. The highest BCUT2D eigenvalue weighted by atomic mass is 32.2. The number of Topliss-reactive ketones (excluding diaryl/α,β-unsaturated/α-hetero) is 1. The van der Waals surface area contributed by atoms with Crippen LogP contribution in [0, 0.1) is 0 Å². The molecular formula is C26H23NO8S. The fourth-order valence-electron chi connectivity index (χ4n) is 4.20. The molecule has 2 aliphatic rings. The molecule has 0 atom stereocenters. The second-order valence-corrected chi connectivity index (χ2v) is 10.0. The molecule has 3 aromatic carbocycles. The van der Waals surface area contributed by atoms with Crippen LogP contribution in [0.5, 0.6) is 17.2 Å². The first-order valence-corrected chi connectivity index (χ1v) is 12.7. The number of nitrogens with zero attached hydrogens (tertiary/aromatic N) is 1. The van der Waals surface area contributed by atoms with E-state index in [1.165, 1.54) is 35.7 Å². The number of sulfonamides is 1. The van der Waals surface area contributed by atoms with Crippen LogP contribution in [-0.4, -0.2) is 53.6 Å². The highest BCUT2D eigenvalue weighted by molar-refractivity contribution is 7.92. The number of carbonyl (C=O) groups is 2. The minimum atomic E-state index is -3.94. The Bertz CT molecular complexity index is 1450. The monoisotopic (exact) mass is 509 g/mol. The van der Waals surface area contributed by atoms with Gasteiger partial charge in [0.2, 0.25) is 0 Å². The van der Waals surface area contributed by atoms with Crippen LogP contribution in [0.15, 0.2) is 65.6 Å². The van der Waals surface area contributed by atoms with Crippen molar-refractivity contribution < 1.29 is 37.0 Å². The van der Waals surface area contributed by atoms with Crippen molar-refractivity contribution in [2.24, 2.45) is 0 Å². The molecule has 3 aromatic rings. The van der Waals surface area contributed by atoms with Gasteiger partial charge in [0.25, 0.3) is 10.0 Å². The number of ketones is 1. The molecule has 0 fully saturated rings. The quantitative estimate of drug-likeness (QED) is 0.353. The number of para-hydroxylation sites is 1. The second kappa shape index (κ2) is 9.54. The zero-order chi connectivity index (χ0) is 25.3. The number of hydrogen-bond acceptors (Lipinski definition) is 8. The van der Waals surface area contributed by atoms with Gasteiger partial charge in [0, 0.05) is 12.1 Å². The van der Waals surface area contributed by atoms with Crippen LogP contribution in [0.1, 0.15) is 26.3 Å². The number of rotatable bonds is 7. The normalized spacial score (nSPS) is 14.2. The minimum Gasteiger partial charge on any atom is -0.496 e. The van der Waals surface area contributed by atoms with E-state index in [1.807, 2.05) is 12.1 Å². The third kappa shape index (κ3) is 4.35. The third-order valence-corrected chi connectivity index (χ3v) is 7.83. The Morgan fingerprint density at radius 1 is 0.972 bits per heavy atom. The molecule has 2 heterocycles. The van der Waals surface area contributed by atoms with Gasteiger partial charge in [-0.05, 0) is 54.4 Å². The van der Waals surface area contributed by atoms with E-state index in [0.29, 0.717) is 48.9 Å². The van der Waals surface area contributed by atoms with Crippen LogP contribution >= 0.6 is 0 Å². The van der Waals surface area contributed by atoms with Crippen molar-refractivity contribution in [2.45, 2.75) is 11.3 Å². The Balaban J connectivity index is 1.35. The molecule has 0 spiro atoms. The molecule has 0 aliphatic carbocycles. The van der Waals surface area contributed by atoms with E-state index < -0.39 is 28.4 Å². The standard InChI is InChI=1S/C26H23NO8S/c1-32-23-9-7-19(36(30,31)27-11-10-17-4-2-3-5-21(17)27)15-20(23)26(29)35-16-22(28)18-6-8-24-25(14-18)34-13-12-33-24/h2-9,14-15H,10-13,16H2,1H3. The topological polar surface area (TPSA) is 108 Å². The van der Waals surface area contributed by atoms with Crippen molar-refractivity contribution in [3.05, 3.63) is 77.4 Å². The van der Waals surface area contributed by atoms with Gasteiger partial charge < -0.3 is 18.9 Å². The average Bonchev–Trinajstić information content (AvgIpc) is 3.36. The molecule has 36 heavy (non-hydrogen) atoms. The first-order valence-electron chi connectivity index (χ1n) is 11.3. The fraction of sp³-hybridized carbons (Fsp3) is 0.231. The van der Waals surface area contributed by atoms with Crippen LogP contribution in [0.4, 0.5) is 5.69 Å². The van der Waals surface area contributed by atoms with E-state index in [1.54, 1.807) is 24.3 Å². The van der Waals surface area contributed by atoms with Crippen LogP contribution in [0.25, 0.3) is 0 Å². The number of hydrogen-bond donors (Lipinski definition) is 0. The average molecular weight is 510 g/mol. The van der Waals surface area contributed by atoms with E-state index in [9.17, 15) is 18.0 Å². The zero-order valence-electron chi connectivity index (χ0n) is 19.4. The SMILES string of the molecule is COc1ccc(S(=O)(=O)N2CCc3ccccc32)cc1C(=O)OCC(=O)c1ccc2c(c1)OCCO2. The van der Waals surface area contributed by atoms with E-state index in [2.05, 4.69) is 0 Å². The van der Waals surface area contributed by atoms with Gasteiger partial charge in [0.05, 0.1) is 17.7 Å². The summed E-state index contributed by atoms with van der Waals surface area (Å²) in [5.41, 5.74) is 1.75. The van der Waals surface area contributed by atoms with Crippen molar-refractivity contribution >= 4 is 27.5 Å². The molecule has 0 radical (unpaired) electrons. The molecule has 2 aliphatic heterocycles. The Hall–Kier alpha value is -4.05. The summed E-state index contributed by atoms with van der Waals surface area (Å²) in [4.78, 5) is 25.4. The van der Waals surface area contributed by atoms with Crippen molar-refractivity contribution in [3.63, 3.8) is 0 Å². The number of benzene rings is 3. The Labute approximate surface area is 208 Å². The Morgan fingerprint density at radius 2 is 1.75 bits per heavy atom. The lowest BCUT2D eigenvalue weighted by molar-refractivity contribution is 0.0471. The van der Waals surface area contributed by atoms with Gasteiger partial charge in [0.1, 0.15) is 24.5 Å². The van der Waals surface area contributed by atoms with E-state index in [0.717, 1.165) is 5.56 Å². The highest BCUT2D eigenvalue weighted by Gasteiger charge is 2.32. The Morgan fingerprint density at radius 3 is 2.56 bits per heavy atom. The molecule has 0 N–H and O–H groups in total. The van der Waals surface area contributed by atoms with Gasteiger partial charge in [-0.2, -0.15) is 0 Å². The molecule has 10 heteroatoms. The summed E-state index contributed by atoms with van der Waals surface area (Å²) in [5, 5.41) is 0. The zero-order valence-corrected chi connectivity index (χ0v) is 20.2. The third-order valence-electron chi connectivity index (χ3n) is 6.02. The van der Waals surface area contributed by atoms with Crippen molar-refractivity contribution in [1.29, 1.82) is 0 Å². The maximum Gasteiger partial charge on any atom is 0.342 e. The Kier molecular flexibility index (Phi) is 6.27. The highest BCUT2D eigenvalue weighted by Crippen LogP contribution is 2.34. The van der Waals surface area contributed by atoms with Crippen LogP contribution in [0.2, 0.25) is 0 Å². The summed E-state index contributed by atoms with van der Waals surface area (Å²) in [7, 11) is -2.58. The predicted molar refractivity (Wildman–Crippen MR) is 130 cm³/mol. The van der Waals surface area contributed by atoms with Crippen molar-refractivity contribution in [1.82, 2.24) is 0 Å². The number of anilines is 1. The van der Waals surface area contributed by atoms with Crippen molar-refractivity contribution in [2.75, 3.05) is 37.8 Å². The lowest BCUT2D eigenvalue weighted by atomic mass is 10.1. The number of esters is 1. The molecule has 9 nitrogen and oxygen atoms in total. The first-order chi connectivity index (χ1) is 17.4. The summed E-state index contributed by atoms with van der Waals surface area (Å²) in [6.45, 7) is 0.566. The molecule has 0 amide bonds. The molecule has 186 valence electrons. The predicted octanol–water partition coefficient (Wildman–Crippen LogP) is 3.26. The maximum atomic E-state index is 13.4. The number of fused-ring (bicyclic) bond motifs is 2. The summed E-state index contributed by atoms with van der Waals surface area (Å²) in [6.07, 6.45) is 0.600. The lowest BCUT2D eigenvalue weighted by Crippen LogP contribution is -2.29. The van der Waals surface area contributed by atoms with Crippen molar-refractivity contribution in [3.8, 4) is 17.2 Å². The first kappa shape index (κ1) is 23.7. The van der Waals surface area contributed by atoms with E-state index in [-0.39, 0.29) is 16.2 Å². The van der Waals surface area contributed by atoms with Gasteiger partial charge in [0.15, 0.2) is 23.9 Å². The van der Waals surface area contributed by atoms with Gasteiger partial charge >= 0.3 is 5.97 Å². The largest absolute Gasteiger partial charge is 0.496 e.